The quantitative estimate of drug-likeness (QED) is 0.410. The van der Waals surface area contributed by atoms with Crippen LogP contribution in [0.5, 0.6) is 5.75 Å². The van der Waals surface area contributed by atoms with Crippen molar-refractivity contribution in [3.8, 4) is 16.2 Å². The van der Waals surface area contributed by atoms with Crippen LogP contribution in [0.1, 0.15) is 11.1 Å². The molecule has 0 radical (unpaired) electrons. The van der Waals surface area contributed by atoms with Crippen molar-refractivity contribution in [3.63, 3.8) is 0 Å². The minimum atomic E-state index is 0.454. The van der Waals surface area contributed by atoms with Crippen LogP contribution in [-0.4, -0.2) is 23.0 Å². The second-order valence-corrected chi connectivity index (χ2v) is 7.49. The predicted molar refractivity (Wildman–Crippen MR) is 121 cm³/mol. The zero-order valence-electron chi connectivity index (χ0n) is 16.3. The Balaban J connectivity index is 1.56. The van der Waals surface area contributed by atoms with E-state index in [9.17, 15) is 4.79 Å². The van der Waals surface area contributed by atoms with Gasteiger partial charge in [0.1, 0.15) is 11.7 Å². The molecule has 2 aromatic carbocycles. The number of anilines is 2. The summed E-state index contributed by atoms with van der Waals surface area (Å²) in [5.74, 6) is 3.32. The fourth-order valence-corrected chi connectivity index (χ4v) is 3.85. The van der Waals surface area contributed by atoms with E-state index >= 15 is 0 Å². The number of methoxy groups -OCH3 is 1. The van der Waals surface area contributed by atoms with Crippen LogP contribution in [-0.2, 0) is 11.2 Å². The Morgan fingerprint density at radius 2 is 1.87 bits per heavy atom. The molecule has 0 amide bonds. The number of thiophene rings is 1. The topological polar surface area (TPSA) is 64.1 Å². The van der Waals surface area contributed by atoms with E-state index in [2.05, 4.69) is 27.3 Å². The largest absolute Gasteiger partial charge is 0.496 e. The molecule has 4 rings (SSSR count). The summed E-state index contributed by atoms with van der Waals surface area (Å²) < 4.78 is 5.50. The van der Waals surface area contributed by atoms with Gasteiger partial charge in [0.05, 0.1) is 12.7 Å². The van der Waals surface area contributed by atoms with Gasteiger partial charge in [-0.2, -0.15) is 0 Å². The van der Waals surface area contributed by atoms with E-state index in [1.165, 1.54) is 0 Å². The normalized spacial score (nSPS) is 10.3. The Labute approximate surface area is 178 Å². The van der Waals surface area contributed by atoms with Crippen LogP contribution in [0.2, 0.25) is 0 Å². The van der Waals surface area contributed by atoms with E-state index in [0.29, 0.717) is 23.7 Å². The maximum Gasteiger partial charge on any atom is 0.227 e. The summed E-state index contributed by atoms with van der Waals surface area (Å²) in [4.78, 5) is 21.3. The molecule has 0 atom stereocenters. The summed E-state index contributed by atoms with van der Waals surface area (Å²) in [6.07, 6.45) is 3.82. The van der Waals surface area contributed by atoms with Crippen LogP contribution in [0.25, 0.3) is 16.0 Å². The highest BCUT2D eigenvalue weighted by molar-refractivity contribution is 7.13. The van der Waals surface area contributed by atoms with Crippen molar-refractivity contribution in [2.45, 2.75) is 6.42 Å². The van der Waals surface area contributed by atoms with Crippen molar-refractivity contribution in [1.82, 2.24) is 9.97 Å². The molecule has 5 nitrogen and oxygen atoms in total. The Kier molecular flexibility index (Phi) is 5.99. The summed E-state index contributed by atoms with van der Waals surface area (Å²) in [5.41, 5.74) is 4.24. The highest BCUT2D eigenvalue weighted by atomic mass is 32.1. The van der Waals surface area contributed by atoms with Gasteiger partial charge in [-0.3, -0.25) is 0 Å². The van der Waals surface area contributed by atoms with Gasteiger partial charge < -0.3 is 10.1 Å². The number of allylic oxidation sites excluding steroid dienone is 1. The lowest BCUT2D eigenvalue weighted by Crippen LogP contribution is -1.98. The smallest absolute Gasteiger partial charge is 0.227 e. The maximum atomic E-state index is 11.8. The van der Waals surface area contributed by atoms with Gasteiger partial charge in [-0.05, 0) is 59.0 Å². The molecule has 0 aliphatic heterocycles. The van der Waals surface area contributed by atoms with E-state index in [0.717, 1.165) is 27.3 Å². The third-order valence-corrected chi connectivity index (χ3v) is 5.53. The lowest BCUT2D eigenvalue weighted by atomic mass is 9.96. The fraction of sp³-hybridized carbons (Fsp3) is 0.0833. The first-order valence-corrected chi connectivity index (χ1v) is 10.2. The first-order chi connectivity index (χ1) is 14.8. The van der Waals surface area contributed by atoms with E-state index in [1.54, 1.807) is 36.9 Å². The van der Waals surface area contributed by atoms with E-state index in [4.69, 9.17) is 4.74 Å². The summed E-state index contributed by atoms with van der Waals surface area (Å²) in [7, 11) is 1.61. The number of benzene rings is 2. The highest BCUT2D eigenvalue weighted by Crippen LogP contribution is 2.33. The van der Waals surface area contributed by atoms with Gasteiger partial charge in [0, 0.05) is 34.9 Å². The lowest BCUT2D eigenvalue weighted by Gasteiger charge is -2.12. The summed E-state index contributed by atoms with van der Waals surface area (Å²) >= 11 is 1.66. The van der Waals surface area contributed by atoms with E-state index in [-0.39, 0.29) is 0 Å². The van der Waals surface area contributed by atoms with Gasteiger partial charge in [-0.15, -0.1) is 11.3 Å². The van der Waals surface area contributed by atoms with Crippen LogP contribution in [0.4, 0.5) is 11.6 Å². The van der Waals surface area contributed by atoms with Crippen LogP contribution in [0.3, 0.4) is 0 Å². The van der Waals surface area contributed by atoms with Gasteiger partial charge in [0.2, 0.25) is 5.95 Å². The summed E-state index contributed by atoms with van der Waals surface area (Å²) in [6.45, 7) is 0. The molecule has 2 aromatic heterocycles. The minimum absolute atomic E-state index is 0.454. The molecule has 0 aliphatic rings. The monoisotopic (exact) mass is 413 g/mol. The summed E-state index contributed by atoms with van der Waals surface area (Å²) in [5, 5.41) is 5.18. The standard InChI is InChI=1S/C24H19N3O2S/c1-29-22-10-7-18(23-4-2-13-30-23)15-21(22)19(16-28)14-17-5-8-20(9-6-17)27-24-25-11-3-12-26-24/h2-13,15H,14H2,1H3,(H,25,26,27). The van der Waals surface area contributed by atoms with Gasteiger partial charge in [0.25, 0.3) is 0 Å². The van der Waals surface area contributed by atoms with Crippen molar-refractivity contribution >= 4 is 34.5 Å². The number of carbonyl (C=O) groups excluding carboxylic acids is 1. The molecule has 0 bridgehead atoms. The van der Waals surface area contributed by atoms with Gasteiger partial charge in [-0.25, -0.2) is 14.8 Å². The number of nitrogens with zero attached hydrogens (tertiary/aromatic N) is 2. The van der Waals surface area contributed by atoms with Gasteiger partial charge >= 0.3 is 0 Å². The number of ether oxygens (including phenoxy) is 1. The van der Waals surface area contributed by atoms with Crippen molar-refractivity contribution in [2.24, 2.45) is 0 Å². The van der Waals surface area contributed by atoms with E-state index in [1.807, 2.05) is 53.9 Å². The zero-order chi connectivity index (χ0) is 20.8. The second-order valence-electron chi connectivity index (χ2n) is 6.54. The second kappa shape index (κ2) is 9.18. The van der Waals surface area contributed by atoms with Gasteiger partial charge in [0.15, 0.2) is 0 Å². The Bertz CT molecular complexity index is 1170. The molecule has 0 spiro atoms. The predicted octanol–water partition coefficient (Wildman–Crippen LogP) is 5.42. The molecule has 0 saturated heterocycles. The number of hydrogen-bond donors (Lipinski definition) is 1. The first-order valence-electron chi connectivity index (χ1n) is 9.36. The summed E-state index contributed by atoms with van der Waals surface area (Å²) in [6, 6.07) is 19.5. The van der Waals surface area contributed by atoms with Crippen molar-refractivity contribution in [1.29, 1.82) is 0 Å². The lowest BCUT2D eigenvalue weighted by molar-refractivity contribution is 0.413. The average molecular weight is 414 g/mol. The molecule has 30 heavy (non-hydrogen) atoms. The molecule has 148 valence electrons. The SMILES string of the molecule is COc1ccc(-c2cccs2)cc1C(=C=O)Cc1ccc(Nc2ncccn2)cc1. The fourth-order valence-electron chi connectivity index (χ4n) is 3.13. The Morgan fingerprint density at radius 1 is 1.07 bits per heavy atom. The van der Waals surface area contributed by atoms with Gasteiger partial charge in [-0.1, -0.05) is 18.2 Å². The Hall–Kier alpha value is -3.73. The molecule has 1 N–H and O–H groups in total. The molecule has 0 saturated carbocycles. The number of nitrogens with one attached hydrogen (secondary N) is 1. The van der Waals surface area contributed by atoms with Crippen LogP contribution < -0.4 is 10.1 Å². The van der Waals surface area contributed by atoms with Crippen molar-refractivity contribution in [3.05, 3.63) is 89.6 Å². The molecule has 4 aromatic rings. The maximum absolute atomic E-state index is 11.8. The molecule has 0 fully saturated rings. The third-order valence-electron chi connectivity index (χ3n) is 4.61. The first kappa shape index (κ1) is 19.6. The molecular formula is C24H19N3O2S. The molecule has 0 aliphatic carbocycles. The third kappa shape index (κ3) is 4.46. The molecule has 6 heteroatoms. The van der Waals surface area contributed by atoms with Crippen LogP contribution in [0, 0.1) is 0 Å². The number of hydrogen-bond acceptors (Lipinski definition) is 6. The molecule has 2 heterocycles. The van der Waals surface area contributed by atoms with Crippen LogP contribution >= 0.6 is 11.3 Å². The molecule has 0 unspecified atom stereocenters. The van der Waals surface area contributed by atoms with Crippen molar-refractivity contribution in [2.75, 3.05) is 12.4 Å². The van der Waals surface area contributed by atoms with Crippen LogP contribution in [0.15, 0.2) is 78.4 Å². The zero-order valence-corrected chi connectivity index (χ0v) is 17.1. The minimum Gasteiger partial charge on any atom is -0.496 e. The number of aromatic nitrogens is 2. The molecular weight excluding hydrogens is 394 g/mol. The van der Waals surface area contributed by atoms with E-state index < -0.39 is 0 Å². The van der Waals surface area contributed by atoms with Crippen molar-refractivity contribution < 1.29 is 9.53 Å². The number of rotatable bonds is 7. The average Bonchev–Trinajstić information content (AvgIpc) is 3.34. The highest BCUT2D eigenvalue weighted by Gasteiger charge is 2.13. The Morgan fingerprint density at radius 3 is 2.53 bits per heavy atom.